The fourth-order valence-corrected chi connectivity index (χ4v) is 2.14. The number of aromatic nitrogens is 4. The van der Waals surface area contributed by atoms with E-state index in [1.165, 1.54) is 0 Å². The molecule has 0 saturated heterocycles. The molecular formula is C14H21N5. The van der Waals surface area contributed by atoms with Crippen molar-refractivity contribution in [1.29, 1.82) is 0 Å². The molecule has 102 valence electrons. The average molecular weight is 259 g/mol. The van der Waals surface area contributed by atoms with Crippen molar-refractivity contribution >= 4 is 0 Å². The molecule has 2 aromatic heterocycles. The van der Waals surface area contributed by atoms with Crippen LogP contribution in [0.3, 0.4) is 0 Å². The molecule has 19 heavy (non-hydrogen) atoms. The summed E-state index contributed by atoms with van der Waals surface area (Å²) >= 11 is 0. The maximum Gasteiger partial charge on any atom is 0.125 e. The van der Waals surface area contributed by atoms with Gasteiger partial charge in [0.15, 0.2) is 0 Å². The second kappa shape index (κ2) is 6.43. The molecule has 2 rings (SSSR count). The summed E-state index contributed by atoms with van der Waals surface area (Å²) in [6.07, 6.45) is 4.74. The Labute approximate surface area is 114 Å². The van der Waals surface area contributed by atoms with Crippen LogP contribution in [0.2, 0.25) is 0 Å². The standard InChI is InChI=1S/C14H21N5/c1-4-8-16-14(12-6-9-15-11(3)18-12)13-7-10-17-19(13)5-2/h6-7,9-10,14,16H,4-5,8H2,1-3H3. The lowest BCUT2D eigenvalue weighted by Gasteiger charge is -2.19. The summed E-state index contributed by atoms with van der Waals surface area (Å²) in [6.45, 7) is 7.97. The first-order valence-electron chi connectivity index (χ1n) is 6.80. The summed E-state index contributed by atoms with van der Waals surface area (Å²) in [7, 11) is 0. The van der Waals surface area contributed by atoms with E-state index >= 15 is 0 Å². The predicted octanol–water partition coefficient (Wildman–Crippen LogP) is 2.09. The molecule has 2 aromatic rings. The highest BCUT2D eigenvalue weighted by Gasteiger charge is 2.18. The van der Waals surface area contributed by atoms with E-state index in [2.05, 4.69) is 34.2 Å². The van der Waals surface area contributed by atoms with Crippen molar-refractivity contribution < 1.29 is 0 Å². The molecule has 0 saturated carbocycles. The summed E-state index contributed by atoms with van der Waals surface area (Å²) in [6, 6.07) is 4.09. The van der Waals surface area contributed by atoms with Crippen molar-refractivity contribution in [3.8, 4) is 0 Å². The minimum Gasteiger partial charge on any atom is -0.304 e. The zero-order valence-electron chi connectivity index (χ0n) is 11.8. The number of nitrogens with zero attached hydrogens (tertiary/aromatic N) is 4. The molecule has 0 amide bonds. The Balaban J connectivity index is 2.35. The van der Waals surface area contributed by atoms with Gasteiger partial charge in [0.1, 0.15) is 5.82 Å². The van der Waals surface area contributed by atoms with Gasteiger partial charge in [-0.3, -0.25) is 4.68 Å². The van der Waals surface area contributed by atoms with Crippen molar-refractivity contribution in [2.45, 2.75) is 39.8 Å². The van der Waals surface area contributed by atoms with Crippen LogP contribution in [0.15, 0.2) is 24.5 Å². The second-order valence-electron chi connectivity index (χ2n) is 4.49. The van der Waals surface area contributed by atoms with Crippen molar-refractivity contribution in [2.75, 3.05) is 6.54 Å². The molecular weight excluding hydrogens is 238 g/mol. The van der Waals surface area contributed by atoms with E-state index in [-0.39, 0.29) is 6.04 Å². The molecule has 0 aliphatic carbocycles. The quantitative estimate of drug-likeness (QED) is 0.863. The van der Waals surface area contributed by atoms with Gasteiger partial charge in [-0.15, -0.1) is 0 Å². The van der Waals surface area contributed by atoms with E-state index in [1.807, 2.05) is 36.1 Å². The predicted molar refractivity (Wildman–Crippen MR) is 74.8 cm³/mol. The van der Waals surface area contributed by atoms with Crippen molar-refractivity contribution in [2.24, 2.45) is 0 Å². The molecule has 0 radical (unpaired) electrons. The van der Waals surface area contributed by atoms with Gasteiger partial charge in [0.05, 0.1) is 17.4 Å². The SMILES string of the molecule is CCCNC(c1ccnc(C)n1)c1ccnn1CC. The normalized spacial score (nSPS) is 12.6. The lowest BCUT2D eigenvalue weighted by Crippen LogP contribution is -2.26. The number of rotatable bonds is 6. The van der Waals surface area contributed by atoms with E-state index < -0.39 is 0 Å². The maximum absolute atomic E-state index is 4.54. The zero-order valence-corrected chi connectivity index (χ0v) is 11.8. The maximum atomic E-state index is 4.54. The van der Waals surface area contributed by atoms with Crippen LogP contribution >= 0.6 is 0 Å². The summed E-state index contributed by atoms with van der Waals surface area (Å²) in [4.78, 5) is 8.71. The van der Waals surface area contributed by atoms with Gasteiger partial charge < -0.3 is 5.32 Å². The fraction of sp³-hybridized carbons (Fsp3) is 0.500. The third kappa shape index (κ3) is 3.17. The number of aryl methyl sites for hydroxylation is 2. The van der Waals surface area contributed by atoms with Crippen LogP contribution in [0.1, 0.15) is 43.5 Å². The Morgan fingerprint density at radius 1 is 1.26 bits per heavy atom. The molecule has 2 heterocycles. The molecule has 0 aromatic carbocycles. The van der Waals surface area contributed by atoms with E-state index in [0.717, 1.165) is 36.7 Å². The first-order chi connectivity index (χ1) is 9.26. The Kier molecular flexibility index (Phi) is 4.63. The van der Waals surface area contributed by atoms with E-state index in [4.69, 9.17) is 0 Å². The third-order valence-electron chi connectivity index (χ3n) is 3.04. The Morgan fingerprint density at radius 3 is 2.79 bits per heavy atom. The van der Waals surface area contributed by atoms with Gasteiger partial charge in [-0.1, -0.05) is 6.92 Å². The van der Waals surface area contributed by atoms with Gasteiger partial charge >= 0.3 is 0 Å². The van der Waals surface area contributed by atoms with E-state index in [0.29, 0.717) is 0 Å². The Bertz CT molecular complexity index is 520. The van der Waals surface area contributed by atoms with E-state index in [9.17, 15) is 0 Å². The lowest BCUT2D eigenvalue weighted by atomic mass is 10.1. The average Bonchev–Trinajstić information content (AvgIpc) is 2.88. The Morgan fingerprint density at radius 2 is 2.11 bits per heavy atom. The van der Waals surface area contributed by atoms with Gasteiger partial charge in [-0.25, -0.2) is 9.97 Å². The van der Waals surface area contributed by atoms with Crippen molar-refractivity contribution in [3.05, 3.63) is 41.7 Å². The van der Waals surface area contributed by atoms with Gasteiger partial charge in [0, 0.05) is 18.9 Å². The monoisotopic (exact) mass is 259 g/mol. The number of hydrogen-bond acceptors (Lipinski definition) is 4. The summed E-state index contributed by atoms with van der Waals surface area (Å²) in [5.41, 5.74) is 2.14. The first-order valence-corrected chi connectivity index (χ1v) is 6.80. The van der Waals surface area contributed by atoms with Crippen LogP contribution in [0.25, 0.3) is 0 Å². The van der Waals surface area contributed by atoms with Crippen LogP contribution in [-0.2, 0) is 6.54 Å². The molecule has 1 N–H and O–H groups in total. The molecule has 1 unspecified atom stereocenters. The number of nitrogens with one attached hydrogen (secondary N) is 1. The first kappa shape index (κ1) is 13.7. The minimum absolute atomic E-state index is 0.0732. The van der Waals surface area contributed by atoms with Gasteiger partial charge in [-0.2, -0.15) is 5.10 Å². The van der Waals surface area contributed by atoms with Gasteiger partial charge in [0.2, 0.25) is 0 Å². The molecule has 0 aliphatic heterocycles. The third-order valence-corrected chi connectivity index (χ3v) is 3.04. The van der Waals surface area contributed by atoms with Crippen LogP contribution < -0.4 is 5.32 Å². The summed E-state index contributed by atoms with van der Waals surface area (Å²) < 4.78 is 2.00. The van der Waals surface area contributed by atoms with Crippen LogP contribution in [0.5, 0.6) is 0 Å². The second-order valence-corrected chi connectivity index (χ2v) is 4.49. The molecule has 5 nitrogen and oxygen atoms in total. The van der Waals surface area contributed by atoms with Gasteiger partial charge in [-0.05, 0) is 38.9 Å². The van der Waals surface area contributed by atoms with Crippen LogP contribution in [0.4, 0.5) is 0 Å². The highest BCUT2D eigenvalue weighted by molar-refractivity contribution is 5.21. The van der Waals surface area contributed by atoms with Crippen molar-refractivity contribution in [3.63, 3.8) is 0 Å². The van der Waals surface area contributed by atoms with Crippen LogP contribution in [-0.4, -0.2) is 26.3 Å². The smallest absolute Gasteiger partial charge is 0.125 e. The van der Waals surface area contributed by atoms with Crippen LogP contribution in [0, 0.1) is 6.92 Å². The largest absolute Gasteiger partial charge is 0.304 e. The Hall–Kier alpha value is -1.75. The topological polar surface area (TPSA) is 55.6 Å². The molecule has 5 heteroatoms. The fourth-order valence-electron chi connectivity index (χ4n) is 2.14. The molecule has 0 bridgehead atoms. The van der Waals surface area contributed by atoms with E-state index in [1.54, 1.807) is 0 Å². The lowest BCUT2D eigenvalue weighted by molar-refractivity contribution is 0.520. The number of hydrogen-bond donors (Lipinski definition) is 1. The van der Waals surface area contributed by atoms with Crippen molar-refractivity contribution in [1.82, 2.24) is 25.1 Å². The molecule has 0 fully saturated rings. The molecule has 0 aliphatic rings. The van der Waals surface area contributed by atoms with Gasteiger partial charge in [0.25, 0.3) is 0 Å². The molecule has 1 atom stereocenters. The summed E-state index contributed by atoms with van der Waals surface area (Å²) in [5.74, 6) is 0.795. The highest BCUT2D eigenvalue weighted by Crippen LogP contribution is 2.20. The highest BCUT2D eigenvalue weighted by atomic mass is 15.3. The summed E-state index contributed by atoms with van der Waals surface area (Å²) in [5, 5.41) is 7.88. The minimum atomic E-state index is 0.0732. The zero-order chi connectivity index (χ0) is 13.7. The molecule has 0 spiro atoms.